The lowest BCUT2D eigenvalue weighted by Gasteiger charge is -2.07. The minimum absolute atomic E-state index is 0. The summed E-state index contributed by atoms with van der Waals surface area (Å²) in [6, 6.07) is 12.8. The molecule has 124 valence electrons. The summed E-state index contributed by atoms with van der Waals surface area (Å²) in [5, 5.41) is 10.0. The monoisotopic (exact) mass is 363 g/mol. The number of nitrogens with zero attached hydrogens (tertiary/aromatic N) is 2. The van der Waals surface area contributed by atoms with E-state index in [4.69, 9.17) is 22.7 Å². The van der Waals surface area contributed by atoms with Gasteiger partial charge in [-0.1, -0.05) is 29.8 Å². The van der Waals surface area contributed by atoms with Gasteiger partial charge in [0.05, 0.1) is 23.9 Å². The van der Waals surface area contributed by atoms with Crippen molar-refractivity contribution in [2.24, 2.45) is 5.73 Å². The van der Waals surface area contributed by atoms with Gasteiger partial charge in [-0.3, -0.25) is 15.5 Å². The quantitative estimate of drug-likeness (QED) is 0.492. The van der Waals surface area contributed by atoms with Crippen LogP contribution in [0.25, 0.3) is 11.0 Å². The molecule has 0 spiro atoms. The number of imidazole rings is 1. The Kier molecular flexibility index (Phi) is 5.43. The highest BCUT2D eigenvalue weighted by Gasteiger charge is 2.10. The van der Waals surface area contributed by atoms with Gasteiger partial charge in [0.15, 0.2) is 5.96 Å². The molecule has 1 amide bonds. The van der Waals surface area contributed by atoms with Crippen LogP contribution in [-0.4, -0.2) is 21.4 Å². The fourth-order valence-corrected chi connectivity index (χ4v) is 2.53. The van der Waals surface area contributed by atoms with Gasteiger partial charge in [0, 0.05) is 10.6 Å². The van der Waals surface area contributed by atoms with Crippen molar-refractivity contribution in [3.05, 3.63) is 64.9 Å². The SMILES string of the molecule is Cl.N=C(N)NC(=O)c1ccc2c(c1)ncn2Cc1ccccc1Cl. The van der Waals surface area contributed by atoms with Gasteiger partial charge in [0.25, 0.3) is 5.91 Å². The van der Waals surface area contributed by atoms with Crippen molar-refractivity contribution in [3.63, 3.8) is 0 Å². The molecule has 0 aliphatic rings. The molecular formula is C16H15Cl2N5O. The molecule has 2 aromatic carbocycles. The summed E-state index contributed by atoms with van der Waals surface area (Å²) in [5.74, 6) is -0.820. The lowest BCUT2D eigenvalue weighted by molar-refractivity contribution is 0.0976. The molecule has 8 heteroatoms. The van der Waals surface area contributed by atoms with Gasteiger partial charge < -0.3 is 10.3 Å². The molecule has 0 saturated heterocycles. The maximum Gasteiger partial charge on any atom is 0.258 e. The zero-order chi connectivity index (χ0) is 16.4. The number of hydrogen-bond donors (Lipinski definition) is 3. The second-order valence-corrected chi connectivity index (χ2v) is 5.44. The van der Waals surface area contributed by atoms with E-state index in [-0.39, 0.29) is 18.4 Å². The number of fused-ring (bicyclic) bond motifs is 1. The summed E-state index contributed by atoms with van der Waals surface area (Å²) in [5.41, 5.74) is 8.14. The van der Waals surface area contributed by atoms with E-state index in [2.05, 4.69) is 10.3 Å². The maximum atomic E-state index is 11.9. The molecule has 0 unspecified atom stereocenters. The van der Waals surface area contributed by atoms with Crippen molar-refractivity contribution in [2.45, 2.75) is 6.54 Å². The number of aromatic nitrogens is 2. The maximum absolute atomic E-state index is 11.9. The number of hydrogen-bond acceptors (Lipinski definition) is 3. The van der Waals surface area contributed by atoms with Gasteiger partial charge in [-0.05, 0) is 29.8 Å². The van der Waals surface area contributed by atoms with Gasteiger partial charge in [0.2, 0.25) is 0 Å². The minimum Gasteiger partial charge on any atom is -0.370 e. The fourth-order valence-electron chi connectivity index (χ4n) is 2.34. The number of nitrogens with two attached hydrogens (primary N) is 1. The van der Waals surface area contributed by atoms with Gasteiger partial charge >= 0.3 is 0 Å². The first-order chi connectivity index (χ1) is 11.0. The Hall–Kier alpha value is -2.57. The largest absolute Gasteiger partial charge is 0.370 e. The van der Waals surface area contributed by atoms with Crippen LogP contribution in [0.3, 0.4) is 0 Å². The van der Waals surface area contributed by atoms with Crippen LogP contribution in [0.2, 0.25) is 5.02 Å². The first-order valence-electron chi connectivity index (χ1n) is 6.88. The number of carbonyl (C=O) groups is 1. The number of benzene rings is 2. The van der Waals surface area contributed by atoms with Gasteiger partial charge in [-0.15, -0.1) is 12.4 Å². The lowest BCUT2D eigenvalue weighted by Crippen LogP contribution is -2.35. The highest BCUT2D eigenvalue weighted by atomic mass is 35.5. The number of halogens is 2. The molecule has 0 bridgehead atoms. The van der Waals surface area contributed by atoms with Crippen LogP contribution in [0.4, 0.5) is 0 Å². The fraction of sp³-hybridized carbons (Fsp3) is 0.0625. The van der Waals surface area contributed by atoms with Gasteiger partial charge in [-0.25, -0.2) is 4.98 Å². The van der Waals surface area contributed by atoms with Crippen molar-refractivity contribution >= 4 is 46.9 Å². The van der Waals surface area contributed by atoms with Gasteiger partial charge in [-0.2, -0.15) is 0 Å². The summed E-state index contributed by atoms with van der Waals surface area (Å²) >= 11 is 6.19. The highest BCUT2D eigenvalue weighted by molar-refractivity contribution is 6.31. The summed E-state index contributed by atoms with van der Waals surface area (Å²) in [4.78, 5) is 16.2. The topological polar surface area (TPSA) is 96.8 Å². The molecule has 0 radical (unpaired) electrons. The standard InChI is InChI=1S/C16H14ClN5O.ClH/c17-12-4-2-1-3-11(12)8-22-9-20-13-7-10(5-6-14(13)22)15(23)21-16(18)19;/h1-7,9H,8H2,(H4,18,19,21,23);1H. The van der Waals surface area contributed by atoms with Crippen molar-refractivity contribution in [3.8, 4) is 0 Å². The normalized spacial score (nSPS) is 10.2. The molecule has 0 aliphatic heterocycles. The molecular weight excluding hydrogens is 349 g/mol. The highest BCUT2D eigenvalue weighted by Crippen LogP contribution is 2.20. The van der Waals surface area contributed by atoms with Crippen LogP contribution in [0.5, 0.6) is 0 Å². The van der Waals surface area contributed by atoms with E-state index in [1.54, 1.807) is 18.5 Å². The summed E-state index contributed by atoms with van der Waals surface area (Å²) in [7, 11) is 0. The zero-order valence-electron chi connectivity index (χ0n) is 12.5. The van der Waals surface area contributed by atoms with Crippen LogP contribution in [0, 0.1) is 5.41 Å². The number of amides is 1. The third-order valence-corrected chi connectivity index (χ3v) is 3.80. The minimum atomic E-state index is -0.431. The van der Waals surface area contributed by atoms with Crippen LogP contribution in [0.15, 0.2) is 48.8 Å². The Morgan fingerprint density at radius 2 is 2.04 bits per heavy atom. The molecule has 0 saturated carbocycles. The van der Waals surface area contributed by atoms with E-state index >= 15 is 0 Å². The number of carbonyl (C=O) groups excluding carboxylic acids is 1. The number of rotatable bonds is 3. The average molecular weight is 364 g/mol. The third-order valence-electron chi connectivity index (χ3n) is 3.43. The molecule has 0 aliphatic carbocycles. The molecule has 0 fully saturated rings. The van der Waals surface area contributed by atoms with Crippen molar-refractivity contribution in [1.82, 2.24) is 14.9 Å². The molecule has 3 aromatic rings. The van der Waals surface area contributed by atoms with E-state index in [1.165, 1.54) is 0 Å². The summed E-state index contributed by atoms with van der Waals surface area (Å²) < 4.78 is 1.96. The number of guanidine groups is 1. The Morgan fingerprint density at radius 3 is 2.75 bits per heavy atom. The van der Waals surface area contributed by atoms with Gasteiger partial charge in [0.1, 0.15) is 0 Å². The van der Waals surface area contributed by atoms with Crippen molar-refractivity contribution in [1.29, 1.82) is 5.41 Å². The first kappa shape index (κ1) is 17.8. The van der Waals surface area contributed by atoms with Crippen LogP contribution < -0.4 is 11.1 Å². The second kappa shape index (κ2) is 7.33. The van der Waals surface area contributed by atoms with E-state index in [0.717, 1.165) is 11.1 Å². The molecule has 0 atom stereocenters. The van der Waals surface area contributed by atoms with Crippen molar-refractivity contribution in [2.75, 3.05) is 0 Å². The number of nitrogens with one attached hydrogen (secondary N) is 2. The predicted molar refractivity (Wildman–Crippen MR) is 96.9 cm³/mol. The Morgan fingerprint density at radius 1 is 1.29 bits per heavy atom. The molecule has 4 N–H and O–H groups in total. The van der Waals surface area contributed by atoms with Crippen LogP contribution >= 0.6 is 24.0 Å². The van der Waals surface area contributed by atoms with Crippen LogP contribution in [-0.2, 0) is 6.54 Å². The van der Waals surface area contributed by atoms with E-state index < -0.39 is 5.91 Å². The molecule has 6 nitrogen and oxygen atoms in total. The van der Waals surface area contributed by atoms with E-state index in [1.807, 2.05) is 34.9 Å². The zero-order valence-corrected chi connectivity index (χ0v) is 14.1. The Balaban J connectivity index is 0.00000208. The Bertz CT molecular complexity index is 906. The lowest BCUT2D eigenvalue weighted by atomic mass is 10.2. The Labute approximate surface area is 149 Å². The first-order valence-corrected chi connectivity index (χ1v) is 7.26. The molecule has 3 rings (SSSR count). The second-order valence-electron chi connectivity index (χ2n) is 5.04. The van der Waals surface area contributed by atoms with Crippen LogP contribution in [0.1, 0.15) is 15.9 Å². The van der Waals surface area contributed by atoms with E-state index in [9.17, 15) is 4.79 Å². The average Bonchev–Trinajstić information content (AvgIpc) is 2.91. The predicted octanol–water partition coefficient (Wildman–Crippen LogP) is 2.78. The van der Waals surface area contributed by atoms with E-state index in [0.29, 0.717) is 22.6 Å². The molecule has 1 aromatic heterocycles. The third kappa shape index (κ3) is 3.67. The molecule has 1 heterocycles. The molecule has 24 heavy (non-hydrogen) atoms. The summed E-state index contributed by atoms with van der Waals surface area (Å²) in [6.07, 6.45) is 1.71. The smallest absolute Gasteiger partial charge is 0.258 e. The summed E-state index contributed by atoms with van der Waals surface area (Å²) in [6.45, 7) is 0.592. The van der Waals surface area contributed by atoms with Crippen molar-refractivity contribution < 1.29 is 4.79 Å².